The summed E-state index contributed by atoms with van der Waals surface area (Å²) in [6.45, 7) is 4.36. The minimum absolute atomic E-state index is 0.0923. The van der Waals surface area contributed by atoms with Crippen LogP contribution < -0.4 is 4.90 Å². The van der Waals surface area contributed by atoms with Crippen LogP contribution >= 0.6 is 11.6 Å². The summed E-state index contributed by atoms with van der Waals surface area (Å²) in [5.74, 6) is 0.985. The third-order valence-corrected chi connectivity index (χ3v) is 2.70. The second-order valence-electron chi connectivity index (χ2n) is 3.54. The van der Waals surface area contributed by atoms with E-state index in [-0.39, 0.29) is 11.8 Å². The van der Waals surface area contributed by atoms with Crippen LogP contribution in [-0.2, 0) is 4.79 Å². The van der Waals surface area contributed by atoms with Crippen molar-refractivity contribution in [2.45, 2.75) is 6.42 Å². The quantitative estimate of drug-likeness (QED) is 0.720. The van der Waals surface area contributed by atoms with Gasteiger partial charge in [0.2, 0.25) is 5.91 Å². The maximum absolute atomic E-state index is 11.6. The van der Waals surface area contributed by atoms with E-state index in [2.05, 4.69) is 11.6 Å². The summed E-state index contributed by atoms with van der Waals surface area (Å²) in [6, 6.07) is 3.49. The Morgan fingerprint density at radius 1 is 1.60 bits per heavy atom. The Morgan fingerprint density at radius 3 is 2.93 bits per heavy atom. The van der Waals surface area contributed by atoms with Gasteiger partial charge in [-0.05, 0) is 12.1 Å². The highest BCUT2D eigenvalue weighted by atomic mass is 35.5. The summed E-state index contributed by atoms with van der Waals surface area (Å²) >= 11 is 5.73. The van der Waals surface area contributed by atoms with Crippen LogP contribution in [0.15, 0.2) is 31.0 Å². The molecule has 0 bridgehead atoms. The van der Waals surface area contributed by atoms with Gasteiger partial charge in [-0.25, -0.2) is 4.98 Å². The number of amides is 1. The lowest BCUT2D eigenvalue weighted by Crippen LogP contribution is -2.25. The average molecular weight is 223 g/mol. The summed E-state index contributed by atoms with van der Waals surface area (Å²) in [6.07, 6.45) is 3.88. The van der Waals surface area contributed by atoms with E-state index < -0.39 is 0 Å². The van der Waals surface area contributed by atoms with Gasteiger partial charge in [0.25, 0.3) is 0 Å². The zero-order valence-corrected chi connectivity index (χ0v) is 8.94. The molecule has 1 amide bonds. The maximum atomic E-state index is 11.6. The van der Waals surface area contributed by atoms with Gasteiger partial charge in [-0.2, -0.15) is 0 Å². The van der Waals surface area contributed by atoms with E-state index >= 15 is 0 Å². The number of hydrogen-bond acceptors (Lipinski definition) is 2. The van der Waals surface area contributed by atoms with Crippen LogP contribution in [0.1, 0.15) is 6.42 Å². The molecule has 0 N–H and O–H groups in total. The summed E-state index contributed by atoms with van der Waals surface area (Å²) in [5, 5.41) is 0.575. The molecule has 1 aromatic rings. The standard InChI is InChI=1S/C11H11ClN2O/c1-2-8-5-11(15)14(7-8)10-4-3-9(12)6-13-10/h2-4,6,8H,1,5,7H2. The van der Waals surface area contributed by atoms with Gasteiger partial charge in [-0.3, -0.25) is 9.69 Å². The SMILES string of the molecule is C=CC1CC(=O)N(c2ccc(Cl)cn2)C1. The lowest BCUT2D eigenvalue weighted by molar-refractivity contribution is -0.117. The van der Waals surface area contributed by atoms with E-state index in [0.29, 0.717) is 23.8 Å². The van der Waals surface area contributed by atoms with Gasteiger partial charge < -0.3 is 0 Å². The molecular formula is C11H11ClN2O. The smallest absolute Gasteiger partial charge is 0.228 e. The molecule has 0 radical (unpaired) electrons. The highest BCUT2D eigenvalue weighted by Crippen LogP contribution is 2.24. The Kier molecular flexibility index (Phi) is 2.73. The summed E-state index contributed by atoms with van der Waals surface area (Å²) in [7, 11) is 0. The molecule has 0 spiro atoms. The predicted molar refractivity (Wildman–Crippen MR) is 59.9 cm³/mol. The Labute approximate surface area is 93.4 Å². The van der Waals surface area contributed by atoms with Crippen molar-refractivity contribution in [1.82, 2.24) is 4.98 Å². The molecule has 1 atom stereocenters. The number of rotatable bonds is 2. The van der Waals surface area contributed by atoms with Crippen LogP contribution in [0.5, 0.6) is 0 Å². The molecule has 0 aromatic carbocycles. The fraction of sp³-hybridized carbons (Fsp3) is 0.273. The number of aromatic nitrogens is 1. The van der Waals surface area contributed by atoms with Crippen LogP contribution in [0.2, 0.25) is 5.02 Å². The third-order valence-electron chi connectivity index (χ3n) is 2.48. The van der Waals surface area contributed by atoms with Gasteiger partial charge in [0.15, 0.2) is 0 Å². The van der Waals surface area contributed by atoms with Crippen molar-refractivity contribution in [2.75, 3.05) is 11.4 Å². The average Bonchev–Trinajstić information content (AvgIpc) is 2.61. The van der Waals surface area contributed by atoms with Gasteiger partial charge in [-0.15, -0.1) is 6.58 Å². The summed E-state index contributed by atoms with van der Waals surface area (Å²) < 4.78 is 0. The van der Waals surface area contributed by atoms with Crippen molar-refractivity contribution in [1.29, 1.82) is 0 Å². The molecule has 1 fully saturated rings. The Balaban J connectivity index is 2.21. The Hall–Kier alpha value is -1.35. The van der Waals surface area contributed by atoms with E-state index in [4.69, 9.17) is 11.6 Å². The molecule has 0 aliphatic carbocycles. The predicted octanol–water partition coefficient (Wildman–Crippen LogP) is 2.27. The monoisotopic (exact) mass is 222 g/mol. The molecule has 1 unspecified atom stereocenters. The van der Waals surface area contributed by atoms with Crippen LogP contribution in [0.4, 0.5) is 5.82 Å². The van der Waals surface area contributed by atoms with Crippen LogP contribution in [0.25, 0.3) is 0 Å². The van der Waals surface area contributed by atoms with Crippen LogP contribution in [0, 0.1) is 5.92 Å². The van der Waals surface area contributed by atoms with Crippen molar-refractivity contribution in [2.24, 2.45) is 5.92 Å². The van der Waals surface area contributed by atoms with Crippen molar-refractivity contribution in [3.05, 3.63) is 36.0 Å². The molecule has 1 saturated heterocycles. The van der Waals surface area contributed by atoms with Crippen LogP contribution in [0.3, 0.4) is 0 Å². The zero-order valence-electron chi connectivity index (χ0n) is 8.19. The zero-order chi connectivity index (χ0) is 10.8. The molecule has 1 aliphatic heterocycles. The van der Waals surface area contributed by atoms with E-state index in [9.17, 15) is 4.79 Å². The first-order chi connectivity index (χ1) is 7.20. The topological polar surface area (TPSA) is 33.2 Å². The molecule has 1 aromatic heterocycles. The Morgan fingerprint density at radius 2 is 2.40 bits per heavy atom. The second-order valence-corrected chi connectivity index (χ2v) is 3.98. The molecule has 2 heterocycles. The number of hydrogen-bond donors (Lipinski definition) is 0. The first-order valence-corrected chi connectivity index (χ1v) is 5.13. The first-order valence-electron chi connectivity index (χ1n) is 4.75. The number of carbonyl (C=O) groups is 1. The molecule has 15 heavy (non-hydrogen) atoms. The van der Waals surface area contributed by atoms with E-state index in [0.717, 1.165) is 0 Å². The third kappa shape index (κ3) is 2.02. The second kappa shape index (κ2) is 4.03. The normalized spacial score (nSPS) is 20.7. The van der Waals surface area contributed by atoms with E-state index in [1.807, 2.05) is 6.08 Å². The first kappa shape index (κ1) is 10.2. The highest BCUT2D eigenvalue weighted by Gasteiger charge is 2.29. The molecule has 78 valence electrons. The fourth-order valence-electron chi connectivity index (χ4n) is 1.64. The number of carbonyl (C=O) groups excluding carboxylic acids is 1. The maximum Gasteiger partial charge on any atom is 0.228 e. The highest BCUT2D eigenvalue weighted by molar-refractivity contribution is 6.30. The summed E-state index contributed by atoms with van der Waals surface area (Å²) in [5.41, 5.74) is 0. The van der Waals surface area contributed by atoms with Gasteiger partial charge in [0, 0.05) is 25.1 Å². The van der Waals surface area contributed by atoms with E-state index in [1.54, 1.807) is 23.2 Å². The Bertz CT molecular complexity index is 388. The van der Waals surface area contributed by atoms with E-state index in [1.165, 1.54) is 0 Å². The summed E-state index contributed by atoms with van der Waals surface area (Å²) in [4.78, 5) is 17.4. The minimum atomic E-state index is 0.0923. The molecule has 4 heteroatoms. The number of anilines is 1. The van der Waals surface area contributed by atoms with Gasteiger partial charge in [0.1, 0.15) is 5.82 Å². The van der Waals surface area contributed by atoms with Crippen molar-refractivity contribution >= 4 is 23.3 Å². The molecular weight excluding hydrogens is 212 g/mol. The number of nitrogens with zero attached hydrogens (tertiary/aromatic N) is 2. The van der Waals surface area contributed by atoms with Crippen molar-refractivity contribution in [3.63, 3.8) is 0 Å². The molecule has 1 aliphatic rings. The van der Waals surface area contributed by atoms with Crippen molar-refractivity contribution in [3.8, 4) is 0 Å². The lowest BCUT2D eigenvalue weighted by Gasteiger charge is -2.14. The van der Waals surface area contributed by atoms with Gasteiger partial charge >= 0.3 is 0 Å². The minimum Gasteiger partial charge on any atom is -0.296 e. The molecule has 2 rings (SSSR count). The van der Waals surface area contributed by atoms with Crippen molar-refractivity contribution < 1.29 is 4.79 Å². The largest absolute Gasteiger partial charge is 0.296 e. The van der Waals surface area contributed by atoms with Crippen LogP contribution in [-0.4, -0.2) is 17.4 Å². The molecule has 0 saturated carbocycles. The van der Waals surface area contributed by atoms with Gasteiger partial charge in [0.05, 0.1) is 5.02 Å². The molecule has 3 nitrogen and oxygen atoms in total. The fourth-order valence-corrected chi connectivity index (χ4v) is 1.75. The van der Waals surface area contributed by atoms with Gasteiger partial charge in [-0.1, -0.05) is 17.7 Å². The number of pyridine rings is 1. The lowest BCUT2D eigenvalue weighted by atomic mass is 10.1. The number of halogens is 1.